The fraction of sp³-hybridized carbons (Fsp3) is 0.280. The summed E-state index contributed by atoms with van der Waals surface area (Å²) in [6.07, 6.45) is 5.05. The van der Waals surface area contributed by atoms with Crippen LogP contribution in [0, 0.1) is 5.82 Å². The predicted molar refractivity (Wildman–Crippen MR) is 127 cm³/mol. The molecule has 0 bridgehead atoms. The van der Waals surface area contributed by atoms with Crippen LogP contribution in [-0.2, 0) is 11.2 Å². The van der Waals surface area contributed by atoms with Gasteiger partial charge in [0.15, 0.2) is 5.82 Å². The molecule has 4 aromatic rings. The van der Waals surface area contributed by atoms with Gasteiger partial charge in [0.2, 0.25) is 0 Å². The highest BCUT2D eigenvalue weighted by atomic mass is 19.1. The van der Waals surface area contributed by atoms with Gasteiger partial charge in [0.05, 0.1) is 24.2 Å². The average Bonchev–Trinajstić information content (AvgIpc) is 3.40. The summed E-state index contributed by atoms with van der Waals surface area (Å²) in [5.74, 6) is 1.16. The third kappa shape index (κ3) is 4.89. The van der Waals surface area contributed by atoms with Crippen molar-refractivity contribution in [1.82, 2.24) is 25.3 Å². The number of benzene rings is 2. The highest BCUT2D eigenvalue weighted by Crippen LogP contribution is 2.30. The highest BCUT2D eigenvalue weighted by Gasteiger charge is 2.20. The summed E-state index contributed by atoms with van der Waals surface area (Å²) < 4.78 is 19.0. The smallest absolute Gasteiger partial charge is 0.251 e. The van der Waals surface area contributed by atoms with Gasteiger partial charge in [0.25, 0.3) is 5.91 Å². The first-order chi connectivity index (χ1) is 16.7. The summed E-state index contributed by atoms with van der Waals surface area (Å²) in [7, 11) is 0. The Morgan fingerprint density at radius 1 is 1.09 bits per heavy atom. The van der Waals surface area contributed by atoms with Gasteiger partial charge in [-0.05, 0) is 48.9 Å². The summed E-state index contributed by atoms with van der Waals surface area (Å²) in [6, 6.07) is 11.6. The van der Waals surface area contributed by atoms with Gasteiger partial charge >= 0.3 is 0 Å². The van der Waals surface area contributed by atoms with E-state index < -0.39 is 0 Å². The SMILES string of the molecule is O=C(NCCCc1ncc[nH]1)c1ccc2nc(N3CCOCC3)c(-c3ccc(F)cc3)nc2c1. The molecular formula is C25H25FN6O2. The zero-order chi connectivity index (χ0) is 23.3. The lowest BCUT2D eigenvalue weighted by molar-refractivity contribution is 0.0953. The van der Waals surface area contributed by atoms with E-state index in [-0.39, 0.29) is 11.7 Å². The standard InChI is InChI=1S/C25H25FN6O2/c26-19-6-3-17(4-7-19)23-24(32-12-14-34-15-13-32)31-20-8-5-18(16-21(20)30-23)25(33)29-9-1-2-22-27-10-11-28-22/h3-8,10-11,16H,1-2,9,12-15H2,(H,27,28)(H,29,33). The molecule has 3 heterocycles. The minimum Gasteiger partial charge on any atom is -0.378 e. The molecule has 5 rings (SSSR count). The number of morpholine rings is 1. The number of aromatic amines is 1. The maximum atomic E-state index is 13.5. The van der Waals surface area contributed by atoms with Crippen LogP contribution in [0.4, 0.5) is 10.2 Å². The summed E-state index contributed by atoms with van der Waals surface area (Å²) in [4.78, 5) is 31.8. The molecule has 1 saturated heterocycles. The Labute approximate surface area is 196 Å². The van der Waals surface area contributed by atoms with Crippen molar-refractivity contribution in [1.29, 1.82) is 0 Å². The number of aryl methyl sites for hydroxylation is 1. The Morgan fingerprint density at radius 2 is 1.91 bits per heavy atom. The lowest BCUT2D eigenvalue weighted by atomic mass is 10.1. The molecule has 1 amide bonds. The second-order valence-electron chi connectivity index (χ2n) is 8.10. The summed E-state index contributed by atoms with van der Waals surface area (Å²) in [5.41, 5.74) is 3.25. The Kier molecular flexibility index (Phi) is 6.44. The molecular weight excluding hydrogens is 435 g/mol. The van der Waals surface area contributed by atoms with Crippen LogP contribution in [0.25, 0.3) is 22.3 Å². The minimum atomic E-state index is -0.309. The molecule has 1 fully saturated rings. The zero-order valence-electron chi connectivity index (χ0n) is 18.6. The Morgan fingerprint density at radius 3 is 2.68 bits per heavy atom. The third-order valence-corrected chi connectivity index (χ3v) is 5.77. The molecule has 1 aliphatic rings. The van der Waals surface area contributed by atoms with Crippen molar-refractivity contribution in [3.8, 4) is 11.3 Å². The number of hydrogen-bond donors (Lipinski definition) is 2. The molecule has 34 heavy (non-hydrogen) atoms. The van der Waals surface area contributed by atoms with Crippen LogP contribution in [0.5, 0.6) is 0 Å². The van der Waals surface area contributed by atoms with Crippen LogP contribution in [0.1, 0.15) is 22.6 Å². The maximum absolute atomic E-state index is 13.5. The number of anilines is 1. The van der Waals surface area contributed by atoms with E-state index in [0.29, 0.717) is 55.1 Å². The molecule has 0 aliphatic carbocycles. The van der Waals surface area contributed by atoms with Gasteiger partial charge in [-0.25, -0.2) is 19.3 Å². The molecule has 2 aromatic carbocycles. The number of H-pyrrole nitrogens is 1. The van der Waals surface area contributed by atoms with Crippen LogP contribution < -0.4 is 10.2 Å². The molecule has 0 atom stereocenters. The van der Waals surface area contributed by atoms with Gasteiger partial charge in [0, 0.05) is 49.6 Å². The summed E-state index contributed by atoms with van der Waals surface area (Å²) >= 11 is 0. The van der Waals surface area contributed by atoms with Crippen molar-refractivity contribution in [3.05, 3.63) is 72.1 Å². The number of imidazole rings is 1. The van der Waals surface area contributed by atoms with E-state index in [0.717, 1.165) is 30.0 Å². The lowest BCUT2D eigenvalue weighted by Crippen LogP contribution is -2.37. The van der Waals surface area contributed by atoms with Crippen LogP contribution in [0.15, 0.2) is 54.9 Å². The fourth-order valence-corrected chi connectivity index (χ4v) is 3.98. The first-order valence-electron chi connectivity index (χ1n) is 11.3. The number of carbonyl (C=O) groups excluding carboxylic acids is 1. The average molecular weight is 461 g/mol. The fourth-order valence-electron chi connectivity index (χ4n) is 3.98. The molecule has 0 spiro atoms. The molecule has 1 aliphatic heterocycles. The van der Waals surface area contributed by atoms with Crippen molar-refractivity contribution in [2.24, 2.45) is 0 Å². The molecule has 174 valence electrons. The first kappa shape index (κ1) is 22.0. The molecule has 2 N–H and O–H groups in total. The van der Waals surface area contributed by atoms with Crippen molar-refractivity contribution in [2.45, 2.75) is 12.8 Å². The van der Waals surface area contributed by atoms with Gasteiger partial charge in [-0.15, -0.1) is 0 Å². The van der Waals surface area contributed by atoms with Gasteiger partial charge < -0.3 is 19.9 Å². The predicted octanol–water partition coefficient (Wildman–Crippen LogP) is 3.36. The largest absolute Gasteiger partial charge is 0.378 e. The minimum absolute atomic E-state index is 0.163. The van der Waals surface area contributed by atoms with E-state index in [4.69, 9.17) is 14.7 Å². The molecule has 2 aromatic heterocycles. The Balaban J connectivity index is 1.40. The number of ether oxygens (including phenoxy) is 1. The van der Waals surface area contributed by atoms with E-state index in [1.54, 1.807) is 36.7 Å². The second-order valence-corrected chi connectivity index (χ2v) is 8.10. The monoisotopic (exact) mass is 460 g/mol. The molecule has 0 unspecified atom stereocenters. The van der Waals surface area contributed by atoms with E-state index in [2.05, 4.69) is 20.2 Å². The molecule has 8 nitrogen and oxygen atoms in total. The quantitative estimate of drug-likeness (QED) is 0.411. The van der Waals surface area contributed by atoms with Crippen molar-refractivity contribution < 1.29 is 13.9 Å². The van der Waals surface area contributed by atoms with Crippen molar-refractivity contribution in [3.63, 3.8) is 0 Å². The van der Waals surface area contributed by atoms with E-state index in [1.807, 2.05) is 6.07 Å². The molecule has 0 saturated carbocycles. The van der Waals surface area contributed by atoms with Gasteiger partial charge in [0.1, 0.15) is 17.3 Å². The summed E-state index contributed by atoms with van der Waals surface area (Å²) in [5, 5.41) is 2.95. The van der Waals surface area contributed by atoms with Crippen molar-refractivity contribution in [2.75, 3.05) is 37.7 Å². The van der Waals surface area contributed by atoms with Crippen LogP contribution in [-0.4, -0.2) is 58.7 Å². The highest BCUT2D eigenvalue weighted by molar-refractivity contribution is 5.97. The number of fused-ring (bicyclic) bond motifs is 1. The zero-order valence-corrected chi connectivity index (χ0v) is 18.6. The number of nitrogens with one attached hydrogen (secondary N) is 2. The molecule has 0 radical (unpaired) electrons. The number of nitrogens with zero attached hydrogens (tertiary/aromatic N) is 4. The van der Waals surface area contributed by atoms with Gasteiger partial charge in [-0.2, -0.15) is 0 Å². The van der Waals surface area contributed by atoms with Crippen LogP contribution in [0.3, 0.4) is 0 Å². The topological polar surface area (TPSA) is 96.0 Å². The lowest BCUT2D eigenvalue weighted by Gasteiger charge is -2.29. The van der Waals surface area contributed by atoms with Crippen molar-refractivity contribution >= 4 is 22.8 Å². The maximum Gasteiger partial charge on any atom is 0.251 e. The number of hydrogen-bond acceptors (Lipinski definition) is 6. The van der Waals surface area contributed by atoms with Gasteiger partial charge in [-0.1, -0.05) is 0 Å². The number of amides is 1. The molecule has 9 heteroatoms. The number of carbonyl (C=O) groups is 1. The third-order valence-electron chi connectivity index (χ3n) is 5.77. The Bertz CT molecular complexity index is 1270. The van der Waals surface area contributed by atoms with E-state index >= 15 is 0 Å². The number of halogens is 1. The second kappa shape index (κ2) is 9.96. The number of aromatic nitrogens is 4. The Hall–Kier alpha value is -3.85. The summed E-state index contributed by atoms with van der Waals surface area (Å²) in [6.45, 7) is 3.17. The van der Waals surface area contributed by atoms with Crippen LogP contribution in [0.2, 0.25) is 0 Å². The van der Waals surface area contributed by atoms with E-state index in [9.17, 15) is 9.18 Å². The van der Waals surface area contributed by atoms with Gasteiger partial charge in [-0.3, -0.25) is 4.79 Å². The van der Waals surface area contributed by atoms with Crippen LogP contribution >= 0.6 is 0 Å². The number of rotatable bonds is 7. The normalized spacial score (nSPS) is 13.9. The van der Waals surface area contributed by atoms with E-state index in [1.165, 1.54) is 12.1 Å². The first-order valence-corrected chi connectivity index (χ1v) is 11.3.